The molecule has 1 aromatic heterocycles. The second kappa shape index (κ2) is 7.34. The molecule has 0 unspecified atom stereocenters. The van der Waals surface area contributed by atoms with Crippen molar-refractivity contribution >= 4 is 11.9 Å². The van der Waals surface area contributed by atoms with E-state index < -0.39 is 11.9 Å². The molecular weight excluding hydrogens is 230 g/mol. The molecule has 0 saturated heterocycles. The smallest absolute Gasteiger partial charge is 0.414 e. The molecule has 8 heteroatoms. The van der Waals surface area contributed by atoms with Gasteiger partial charge in [0, 0.05) is 6.42 Å². The molecule has 0 aliphatic rings. The minimum atomic E-state index is -1.82. The average Bonchev–Trinajstić information content (AvgIpc) is 2.65. The summed E-state index contributed by atoms with van der Waals surface area (Å²) in [7, 11) is 0. The van der Waals surface area contributed by atoms with Crippen molar-refractivity contribution < 1.29 is 24.2 Å². The Kier molecular flexibility index (Phi) is 6.49. The summed E-state index contributed by atoms with van der Waals surface area (Å²) in [4.78, 5) is 18.2. The van der Waals surface area contributed by atoms with Crippen molar-refractivity contribution in [1.82, 2.24) is 10.2 Å². The minimum absolute atomic E-state index is 0.324. The van der Waals surface area contributed by atoms with E-state index >= 15 is 0 Å². The van der Waals surface area contributed by atoms with Crippen molar-refractivity contribution in [3.63, 3.8) is 0 Å². The van der Waals surface area contributed by atoms with Crippen molar-refractivity contribution in [2.75, 3.05) is 0 Å². The van der Waals surface area contributed by atoms with Gasteiger partial charge in [0.05, 0.1) is 6.54 Å². The summed E-state index contributed by atoms with van der Waals surface area (Å²) in [5.41, 5.74) is 5.30. The summed E-state index contributed by atoms with van der Waals surface area (Å²) >= 11 is 0. The largest absolute Gasteiger partial charge is 0.473 e. The Balaban J connectivity index is 0.000000366. The van der Waals surface area contributed by atoms with Crippen molar-refractivity contribution in [1.29, 1.82) is 0 Å². The highest BCUT2D eigenvalue weighted by atomic mass is 16.4. The molecule has 0 saturated carbocycles. The number of nitrogens with zero attached hydrogens (tertiary/aromatic N) is 2. The third-order valence-corrected chi connectivity index (χ3v) is 1.45. The third kappa shape index (κ3) is 7.01. The normalized spacial score (nSPS) is 9.65. The molecule has 17 heavy (non-hydrogen) atoms. The molecule has 0 aromatic carbocycles. The van der Waals surface area contributed by atoms with E-state index in [2.05, 4.69) is 24.0 Å². The fourth-order valence-corrected chi connectivity index (χ4v) is 0.803. The highest BCUT2D eigenvalue weighted by Gasteiger charge is 2.05. The van der Waals surface area contributed by atoms with E-state index in [9.17, 15) is 0 Å². The van der Waals surface area contributed by atoms with Crippen molar-refractivity contribution in [2.45, 2.75) is 26.8 Å². The molecule has 4 N–H and O–H groups in total. The molecule has 0 amide bonds. The average molecular weight is 245 g/mol. The number of carboxylic acids is 2. The highest BCUT2D eigenvalue weighted by Crippen LogP contribution is 2.05. The molecule has 0 aliphatic carbocycles. The van der Waals surface area contributed by atoms with Gasteiger partial charge in [0.15, 0.2) is 0 Å². The van der Waals surface area contributed by atoms with Gasteiger partial charge in [-0.3, -0.25) is 0 Å². The van der Waals surface area contributed by atoms with Gasteiger partial charge in [0.2, 0.25) is 11.8 Å². The zero-order valence-corrected chi connectivity index (χ0v) is 9.58. The van der Waals surface area contributed by atoms with Gasteiger partial charge in [-0.1, -0.05) is 13.8 Å². The predicted octanol–water partition coefficient (Wildman–Crippen LogP) is -0.118. The standard InChI is InChI=1S/C7H13N3O.C2H2O4/c1-5(2)3-6-9-10-7(4-8)11-6;3-1(4)2(5)6/h5H,3-4,8H2,1-2H3;(H,3,4)(H,5,6). The number of hydrogen-bond acceptors (Lipinski definition) is 6. The van der Waals surface area contributed by atoms with Gasteiger partial charge < -0.3 is 20.4 Å². The summed E-state index contributed by atoms with van der Waals surface area (Å²) in [6.07, 6.45) is 0.826. The number of nitrogens with two attached hydrogens (primary N) is 1. The Morgan fingerprint density at radius 2 is 1.71 bits per heavy atom. The zero-order chi connectivity index (χ0) is 13.4. The van der Waals surface area contributed by atoms with Crippen LogP contribution in [0.4, 0.5) is 0 Å². The van der Waals surface area contributed by atoms with Gasteiger partial charge in [-0.25, -0.2) is 9.59 Å². The summed E-state index contributed by atoms with van der Waals surface area (Å²) in [6.45, 7) is 4.53. The maximum absolute atomic E-state index is 9.10. The minimum Gasteiger partial charge on any atom is -0.473 e. The van der Waals surface area contributed by atoms with Crippen molar-refractivity contribution in [3.8, 4) is 0 Å². The Hall–Kier alpha value is -1.96. The van der Waals surface area contributed by atoms with Crippen molar-refractivity contribution in [2.24, 2.45) is 11.7 Å². The molecule has 0 aliphatic heterocycles. The van der Waals surface area contributed by atoms with E-state index in [0.29, 0.717) is 24.2 Å². The Morgan fingerprint density at radius 1 is 1.24 bits per heavy atom. The first kappa shape index (κ1) is 15.0. The highest BCUT2D eigenvalue weighted by molar-refractivity contribution is 6.27. The molecule has 96 valence electrons. The first-order valence-corrected chi connectivity index (χ1v) is 4.84. The lowest BCUT2D eigenvalue weighted by atomic mass is 10.1. The van der Waals surface area contributed by atoms with Gasteiger partial charge in [0.25, 0.3) is 0 Å². The molecule has 0 radical (unpaired) electrons. The van der Waals surface area contributed by atoms with Crippen LogP contribution in [0.5, 0.6) is 0 Å². The molecule has 1 heterocycles. The van der Waals surface area contributed by atoms with Crippen LogP contribution >= 0.6 is 0 Å². The van der Waals surface area contributed by atoms with Crippen LogP contribution in [0.1, 0.15) is 25.6 Å². The topological polar surface area (TPSA) is 140 Å². The van der Waals surface area contributed by atoms with Crippen LogP contribution in [0.3, 0.4) is 0 Å². The lowest BCUT2D eigenvalue weighted by Crippen LogP contribution is -2.09. The SMILES string of the molecule is CC(C)Cc1nnc(CN)o1.O=C(O)C(=O)O. The van der Waals surface area contributed by atoms with E-state index in [1.54, 1.807) is 0 Å². The lowest BCUT2D eigenvalue weighted by molar-refractivity contribution is -0.159. The van der Waals surface area contributed by atoms with E-state index in [0.717, 1.165) is 6.42 Å². The maximum atomic E-state index is 9.10. The fraction of sp³-hybridized carbons (Fsp3) is 0.556. The molecular formula is C9H15N3O5. The summed E-state index contributed by atoms with van der Waals surface area (Å²) in [5.74, 6) is -1.91. The van der Waals surface area contributed by atoms with Gasteiger partial charge in [0.1, 0.15) is 0 Å². The summed E-state index contributed by atoms with van der Waals surface area (Å²) < 4.78 is 5.20. The molecule has 0 fully saturated rings. The Labute approximate surface area is 97.4 Å². The molecule has 1 rings (SSSR count). The maximum Gasteiger partial charge on any atom is 0.414 e. The second-order valence-corrected chi connectivity index (χ2v) is 3.50. The van der Waals surface area contributed by atoms with E-state index in [-0.39, 0.29) is 0 Å². The molecule has 0 bridgehead atoms. The Morgan fingerprint density at radius 3 is 2.00 bits per heavy atom. The summed E-state index contributed by atoms with van der Waals surface area (Å²) in [5, 5.41) is 22.4. The number of aromatic nitrogens is 2. The first-order valence-electron chi connectivity index (χ1n) is 4.84. The van der Waals surface area contributed by atoms with Gasteiger partial charge in [-0.05, 0) is 5.92 Å². The van der Waals surface area contributed by atoms with E-state index in [1.165, 1.54) is 0 Å². The van der Waals surface area contributed by atoms with Crippen LogP contribution in [0, 0.1) is 5.92 Å². The van der Waals surface area contributed by atoms with Crippen LogP contribution in [0.25, 0.3) is 0 Å². The van der Waals surface area contributed by atoms with Gasteiger partial charge in [-0.15, -0.1) is 10.2 Å². The Bertz CT molecular complexity index is 362. The van der Waals surface area contributed by atoms with Crippen LogP contribution in [-0.4, -0.2) is 32.3 Å². The fourth-order valence-electron chi connectivity index (χ4n) is 0.803. The quantitative estimate of drug-likeness (QED) is 0.626. The molecule has 1 aromatic rings. The molecule has 0 spiro atoms. The molecule has 8 nitrogen and oxygen atoms in total. The van der Waals surface area contributed by atoms with Crippen LogP contribution in [0.2, 0.25) is 0 Å². The predicted molar refractivity (Wildman–Crippen MR) is 56.0 cm³/mol. The lowest BCUT2D eigenvalue weighted by Gasteiger charge is -1.96. The van der Waals surface area contributed by atoms with E-state index in [1.807, 2.05) is 0 Å². The van der Waals surface area contributed by atoms with Crippen LogP contribution in [-0.2, 0) is 22.6 Å². The zero-order valence-electron chi connectivity index (χ0n) is 9.58. The van der Waals surface area contributed by atoms with Crippen LogP contribution in [0.15, 0.2) is 4.42 Å². The number of carbonyl (C=O) groups is 2. The third-order valence-electron chi connectivity index (χ3n) is 1.45. The number of aliphatic carboxylic acids is 2. The van der Waals surface area contributed by atoms with Gasteiger partial charge in [-0.2, -0.15) is 0 Å². The van der Waals surface area contributed by atoms with Gasteiger partial charge >= 0.3 is 11.9 Å². The number of rotatable bonds is 3. The molecule has 0 atom stereocenters. The number of carboxylic acid groups (broad SMARTS) is 2. The second-order valence-electron chi connectivity index (χ2n) is 3.50. The van der Waals surface area contributed by atoms with E-state index in [4.69, 9.17) is 30.0 Å². The number of hydrogen-bond donors (Lipinski definition) is 3. The van der Waals surface area contributed by atoms with Crippen LogP contribution < -0.4 is 5.73 Å². The van der Waals surface area contributed by atoms with Crippen molar-refractivity contribution in [3.05, 3.63) is 11.8 Å². The summed E-state index contributed by atoms with van der Waals surface area (Å²) in [6, 6.07) is 0. The first-order chi connectivity index (χ1) is 7.86. The monoisotopic (exact) mass is 245 g/mol.